The highest BCUT2D eigenvalue weighted by molar-refractivity contribution is 6.00. The van der Waals surface area contributed by atoms with Crippen LogP contribution < -0.4 is 9.47 Å². The van der Waals surface area contributed by atoms with Gasteiger partial charge in [-0.05, 0) is 23.8 Å². The summed E-state index contributed by atoms with van der Waals surface area (Å²) in [5, 5.41) is 0. The molecule has 0 aromatic heterocycles. The lowest BCUT2D eigenvalue weighted by Gasteiger charge is -2.12. The van der Waals surface area contributed by atoms with E-state index in [0.29, 0.717) is 0 Å². The average Bonchev–Trinajstić information content (AvgIpc) is 2.52. The quantitative estimate of drug-likeness (QED) is 0.783. The number of hydrogen-bond acceptors (Lipinski definition) is 3. The molecule has 0 fully saturated rings. The molecule has 2 aromatic rings. The molecule has 2 aromatic carbocycles. The Balaban J connectivity index is 2.18. The Hall–Kier alpha value is -2.50. The van der Waals surface area contributed by atoms with Crippen LogP contribution in [0.25, 0.3) is 0 Å². The van der Waals surface area contributed by atoms with Gasteiger partial charge in [0.2, 0.25) is 0 Å². The van der Waals surface area contributed by atoms with E-state index in [1.165, 1.54) is 13.2 Å². The highest BCUT2D eigenvalue weighted by Gasteiger charge is 2.39. The predicted molar refractivity (Wildman–Crippen MR) is 74.2 cm³/mol. The van der Waals surface area contributed by atoms with Crippen LogP contribution >= 0.6 is 0 Å². The third-order valence-corrected chi connectivity index (χ3v) is 2.92. The van der Waals surface area contributed by atoms with E-state index in [1.54, 1.807) is 0 Å². The predicted octanol–water partition coefficient (Wildman–Crippen LogP) is 4.02. The van der Waals surface area contributed by atoms with Crippen molar-refractivity contribution >= 4 is 5.78 Å². The van der Waals surface area contributed by atoms with Crippen LogP contribution in [0.15, 0.2) is 48.5 Å². The maximum absolute atomic E-state index is 12.4. The number of rotatable bonds is 5. The molecule has 0 atom stereocenters. The van der Waals surface area contributed by atoms with Gasteiger partial charge in [0.05, 0.1) is 7.11 Å². The molecule has 0 heterocycles. The highest BCUT2D eigenvalue weighted by Crippen LogP contribution is 2.31. The first kappa shape index (κ1) is 15.9. The van der Waals surface area contributed by atoms with E-state index in [2.05, 4.69) is 0 Å². The minimum atomic E-state index is -4.92. The lowest BCUT2D eigenvalue weighted by molar-refractivity contribution is -0.0885. The van der Waals surface area contributed by atoms with Gasteiger partial charge in [0.25, 0.3) is 5.78 Å². The molecule has 0 bridgehead atoms. The Morgan fingerprint density at radius 2 is 1.73 bits per heavy atom. The van der Waals surface area contributed by atoms with Crippen LogP contribution in [0.4, 0.5) is 13.2 Å². The van der Waals surface area contributed by atoms with Crippen molar-refractivity contribution in [1.29, 1.82) is 0 Å². The molecule has 6 heteroatoms. The fraction of sp³-hybridized carbons (Fsp3) is 0.188. The maximum Gasteiger partial charge on any atom is 0.454 e. The maximum atomic E-state index is 12.4. The summed E-state index contributed by atoms with van der Waals surface area (Å²) in [4.78, 5) is 11.2. The third kappa shape index (κ3) is 3.78. The van der Waals surface area contributed by atoms with Crippen molar-refractivity contribution in [3.05, 3.63) is 59.7 Å². The molecule has 0 aliphatic heterocycles. The van der Waals surface area contributed by atoms with E-state index in [4.69, 9.17) is 9.47 Å². The van der Waals surface area contributed by atoms with Crippen LogP contribution in [0.3, 0.4) is 0 Å². The van der Waals surface area contributed by atoms with E-state index in [-0.39, 0.29) is 18.1 Å². The van der Waals surface area contributed by atoms with Gasteiger partial charge >= 0.3 is 6.18 Å². The molecular weight excluding hydrogens is 297 g/mol. The molecule has 0 saturated carbocycles. The fourth-order valence-corrected chi connectivity index (χ4v) is 1.83. The van der Waals surface area contributed by atoms with Gasteiger partial charge in [-0.25, -0.2) is 0 Å². The zero-order chi connectivity index (χ0) is 16.2. The van der Waals surface area contributed by atoms with Gasteiger partial charge < -0.3 is 9.47 Å². The van der Waals surface area contributed by atoms with E-state index in [1.807, 2.05) is 30.3 Å². The minimum Gasteiger partial charge on any atom is -0.493 e. The molecule has 0 aliphatic carbocycles. The van der Waals surface area contributed by atoms with Crippen LogP contribution in [0.5, 0.6) is 11.5 Å². The van der Waals surface area contributed by atoms with Gasteiger partial charge in [-0.2, -0.15) is 13.2 Å². The first-order valence-electron chi connectivity index (χ1n) is 6.38. The normalized spacial score (nSPS) is 11.1. The summed E-state index contributed by atoms with van der Waals surface area (Å²) in [5.41, 5.74) is 0.413. The van der Waals surface area contributed by atoms with Gasteiger partial charge in [0.15, 0.2) is 11.5 Å². The topological polar surface area (TPSA) is 35.5 Å². The molecule has 0 saturated heterocycles. The van der Waals surface area contributed by atoms with E-state index >= 15 is 0 Å². The number of ether oxygens (including phenoxy) is 2. The number of carbonyl (C=O) groups is 1. The monoisotopic (exact) mass is 310 g/mol. The summed E-state index contributed by atoms with van der Waals surface area (Å²) >= 11 is 0. The molecule has 0 radical (unpaired) electrons. The van der Waals surface area contributed by atoms with Crippen LogP contribution in [0.2, 0.25) is 0 Å². The van der Waals surface area contributed by atoms with Gasteiger partial charge in [-0.1, -0.05) is 30.3 Å². The minimum absolute atomic E-state index is 0.0750. The molecule has 116 valence electrons. The summed E-state index contributed by atoms with van der Waals surface area (Å²) in [6.45, 7) is 0.240. The van der Waals surface area contributed by atoms with Crippen LogP contribution in [0.1, 0.15) is 15.9 Å². The Kier molecular flexibility index (Phi) is 4.70. The lowest BCUT2D eigenvalue weighted by Crippen LogP contribution is -2.22. The SMILES string of the molecule is COc1cc(C(=O)C(F)(F)F)ccc1OCc1ccccc1. The first-order chi connectivity index (χ1) is 10.4. The number of alkyl halides is 3. The van der Waals surface area contributed by atoms with Gasteiger partial charge in [0, 0.05) is 5.56 Å². The lowest BCUT2D eigenvalue weighted by atomic mass is 10.1. The van der Waals surface area contributed by atoms with Crippen molar-refractivity contribution in [3.63, 3.8) is 0 Å². The molecule has 22 heavy (non-hydrogen) atoms. The van der Waals surface area contributed by atoms with Gasteiger partial charge in [0.1, 0.15) is 6.61 Å². The Labute approximate surface area is 125 Å². The first-order valence-corrected chi connectivity index (χ1v) is 6.38. The highest BCUT2D eigenvalue weighted by atomic mass is 19.4. The molecular formula is C16H13F3O3. The average molecular weight is 310 g/mol. The van der Waals surface area contributed by atoms with Crippen molar-refractivity contribution in [2.24, 2.45) is 0 Å². The van der Waals surface area contributed by atoms with Crippen molar-refractivity contribution in [3.8, 4) is 11.5 Å². The number of benzene rings is 2. The summed E-state index contributed by atoms with van der Waals surface area (Å²) in [5.74, 6) is -1.57. The Morgan fingerprint density at radius 3 is 2.32 bits per heavy atom. The van der Waals surface area contributed by atoms with Crippen molar-refractivity contribution < 1.29 is 27.4 Å². The summed E-state index contributed by atoms with van der Waals surface area (Å²) in [6, 6.07) is 12.7. The smallest absolute Gasteiger partial charge is 0.454 e. The zero-order valence-corrected chi connectivity index (χ0v) is 11.7. The molecule has 2 rings (SSSR count). The van der Waals surface area contributed by atoms with E-state index in [9.17, 15) is 18.0 Å². The van der Waals surface area contributed by atoms with Crippen molar-refractivity contribution in [2.45, 2.75) is 12.8 Å². The molecule has 0 N–H and O–H groups in total. The summed E-state index contributed by atoms with van der Waals surface area (Å²) in [6.07, 6.45) is -4.92. The molecule has 3 nitrogen and oxygen atoms in total. The zero-order valence-electron chi connectivity index (χ0n) is 11.7. The second-order valence-corrected chi connectivity index (χ2v) is 4.47. The number of halogens is 3. The number of methoxy groups -OCH3 is 1. The molecule has 0 unspecified atom stereocenters. The summed E-state index contributed by atoms with van der Waals surface area (Å²) in [7, 11) is 1.30. The van der Waals surface area contributed by atoms with Gasteiger partial charge in [-0.15, -0.1) is 0 Å². The largest absolute Gasteiger partial charge is 0.493 e. The third-order valence-electron chi connectivity index (χ3n) is 2.92. The van der Waals surface area contributed by atoms with Crippen LogP contribution in [-0.2, 0) is 6.61 Å². The fourth-order valence-electron chi connectivity index (χ4n) is 1.83. The Morgan fingerprint density at radius 1 is 1.05 bits per heavy atom. The Bertz CT molecular complexity index is 651. The van der Waals surface area contributed by atoms with Crippen molar-refractivity contribution in [1.82, 2.24) is 0 Å². The number of Topliss-reactive ketones (excluding diaryl/α,β-unsaturated/α-hetero) is 1. The van der Waals surface area contributed by atoms with Gasteiger partial charge in [-0.3, -0.25) is 4.79 Å². The molecule has 0 spiro atoms. The summed E-state index contributed by atoms with van der Waals surface area (Å²) < 4.78 is 47.8. The number of carbonyl (C=O) groups excluding carboxylic acids is 1. The second kappa shape index (κ2) is 6.51. The standard InChI is InChI=1S/C16H13F3O3/c1-21-14-9-12(15(20)16(17,18)19)7-8-13(14)22-10-11-5-3-2-4-6-11/h2-9H,10H2,1H3. The van der Waals surface area contributed by atoms with Crippen LogP contribution in [0, 0.1) is 0 Å². The van der Waals surface area contributed by atoms with Crippen LogP contribution in [-0.4, -0.2) is 19.1 Å². The number of ketones is 1. The number of hydrogen-bond donors (Lipinski definition) is 0. The van der Waals surface area contributed by atoms with E-state index in [0.717, 1.165) is 17.7 Å². The second-order valence-electron chi connectivity index (χ2n) is 4.47. The van der Waals surface area contributed by atoms with Crippen molar-refractivity contribution in [2.75, 3.05) is 7.11 Å². The molecule has 0 amide bonds. The van der Waals surface area contributed by atoms with E-state index < -0.39 is 17.5 Å². The molecule has 0 aliphatic rings.